The predicted octanol–water partition coefficient (Wildman–Crippen LogP) is 8.08. The van der Waals surface area contributed by atoms with E-state index in [0.717, 1.165) is 38.0 Å². The smallest absolute Gasteiger partial charge is 0.123 e. The van der Waals surface area contributed by atoms with Crippen LogP contribution in [0.3, 0.4) is 0 Å². The van der Waals surface area contributed by atoms with Gasteiger partial charge in [0.15, 0.2) is 0 Å². The quantitative estimate of drug-likeness (QED) is 0.215. The lowest BCUT2D eigenvalue weighted by molar-refractivity contribution is 0.170. The van der Waals surface area contributed by atoms with Crippen molar-refractivity contribution in [3.05, 3.63) is 107 Å². The number of ether oxygens (including phenoxy) is 1. The van der Waals surface area contributed by atoms with Crippen molar-refractivity contribution in [1.29, 1.82) is 0 Å². The van der Waals surface area contributed by atoms with Crippen LogP contribution in [0.4, 0.5) is 0 Å². The molecule has 3 aromatic rings. The minimum atomic E-state index is 0.231. The molecule has 0 aliphatic carbocycles. The van der Waals surface area contributed by atoms with Crippen LogP contribution < -0.4 is 4.74 Å². The van der Waals surface area contributed by atoms with Gasteiger partial charge in [0.2, 0.25) is 0 Å². The summed E-state index contributed by atoms with van der Waals surface area (Å²) < 4.78 is 6.47. The number of nitrogens with zero attached hydrogens (tertiary/aromatic N) is 1. The van der Waals surface area contributed by atoms with Gasteiger partial charge < -0.3 is 9.84 Å². The minimum absolute atomic E-state index is 0.231. The Morgan fingerprint density at radius 1 is 0.838 bits per heavy atom. The van der Waals surface area contributed by atoms with Gasteiger partial charge in [0.05, 0.1) is 0 Å². The van der Waals surface area contributed by atoms with E-state index >= 15 is 0 Å². The third-order valence-corrected chi connectivity index (χ3v) is 6.94. The van der Waals surface area contributed by atoms with Crippen molar-refractivity contribution >= 4 is 6.08 Å². The Morgan fingerprint density at radius 2 is 1.51 bits per heavy atom. The molecule has 0 bridgehead atoms. The Morgan fingerprint density at radius 3 is 2.16 bits per heavy atom. The van der Waals surface area contributed by atoms with Crippen LogP contribution in [0.2, 0.25) is 0 Å². The molecule has 0 amide bonds. The number of rotatable bonds is 15. The Kier molecular flexibility index (Phi) is 11.9. The maximum absolute atomic E-state index is 9.07. The Labute approximate surface area is 224 Å². The monoisotopic (exact) mass is 499 g/mol. The summed E-state index contributed by atoms with van der Waals surface area (Å²) in [6.07, 6.45) is 8.27. The second-order valence-electron chi connectivity index (χ2n) is 10.4. The fourth-order valence-corrected chi connectivity index (χ4v) is 4.98. The highest BCUT2D eigenvalue weighted by molar-refractivity contribution is 5.55. The molecule has 37 heavy (non-hydrogen) atoms. The summed E-state index contributed by atoms with van der Waals surface area (Å²) >= 11 is 0. The van der Waals surface area contributed by atoms with Gasteiger partial charge in [0.25, 0.3) is 0 Å². The maximum atomic E-state index is 9.07. The summed E-state index contributed by atoms with van der Waals surface area (Å²) in [6, 6.07) is 28.9. The van der Waals surface area contributed by atoms with Crippen LogP contribution in [-0.2, 0) is 6.61 Å². The van der Waals surface area contributed by atoms with Crippen molar-refractivity contribution < 1.29 is 9.84 Å². The molecule has 3 aromatic carbocycles. The Balaban J connectivity index is 1.95. The van der Waals surface area contributed by atoms with Gasteiger partial charge in [-0.3, -0.25) is 4.90 Å². The zero-order valence-electron chi connectivity index (χ0n) is 23.1. The Bertz CT molecular complexity index is 1050. The fraction of sp³-hybridized carbons (Fsp3) is 0.412. The SMILES string of the molecule is CC(C)N(CC[C@H](c1ccccc1)c1cc(/C=C/CCCCO)ccc1OCc1ccccc1)C(C)C. The van der Waals surface area contributed by atoms with Gasteiger partial charge >= 0.3 is 0 Å². The summed E-state index contributed by atoms with van der Waals surface area (Å²) in [7, 11) is 0. The van der Waals surface area contributed by atoms with Crippen LogP contribution in [0.25, 0.3) is 6.08 Å². The molecule has 198 valence electrons. The third kappa shape index (κ3) is 9.18. The van der Waals surface area contributed by atoms with Crippen molar-refractivity contribution in [3.8, 4) is 5.75 Å². The number of hydrogen-bond acceptors (Lipinski definition) is 3. The lowest BCUT2D eigenvalue weighted by atomic mass is 9.86. The van der Waals surface area contributed by atoms with Crippen molar-refractivity contribution in [2.24, 2.45) is 0 Å². The molecule has 1 atom stereocenters. The Hall–Kier alpha value is -2.88. The number of benzene rings is 3. The van der Waals surface area contributed by atoms with Crippen molar-refractivity contribution in [2.75, 3.05) is 13.2 Å². The molecule has 1 N–H and O–H groups in total. The molecule has 0 aliphatic rings. The van der Waals surface area contributed by atoms with E-state index in [4.69, 9.17) is 9.84 Å². The average Bonchev–Trinajstić information content (AvgIpc) is 2.91. The molecule has 0 fully saturated rings. The van der Waals surface area contributed by atoms with Crippen molar-refractivity contribution in [1.82, 2.24) is 4.90 Å². The number of aliphatic hydroxyl groups is 1. The molecule has 0 unspecified atom stereocenters. The van der Waals surface area contributed by atoms with Gasteiger partial charge in [-0.25, -0.2) is 0 Å². The summed E-state index contributed by atoms with van der Waals surface area (Å²) in [4.78, 5) is 2.57. The normalized spacial score (nSPS) is 12.6. The third-order valence-electron chi connectivity index (χ3n) is 6.94. The lowest BCUT2D eigenvalue weighted by Gasteiger charge is -2.32. The molecule has 0 aromatic heterocycles. The topological polar surface area (TPSA) is 32.7 Å². The number of hydrogen-bond donors (Lipinski definition) is 1. The van der Waals surface area contributed by atoms with Crippen LogP contribution in [-0.4, -0.2) is 35.2 Å². The molecule has 3 nitrogen and oxygen atoms in total. The van der Waals surface area contributed by atoms with Crippen LogP contribution in [0.15, 0.2) is 84.9 Å². The zero-order chi connectivity index (χ0) is 26.5. The zero-order valence-corrected chi connectivity index (χ0v) is 23.1. The molecule has 0 saturated carbocycles. The van der Waals surface area contributed by atoms with E-state index in [9.17, 15) is 0 Å². The number of allylic oxidation sites excluding steroid dienone is 1. The molecule has 0 spiro atoms. The summed E-state index contributed by atoms with van der Waals surface area (Å²) in [6.45, 7) is 11.0. The van der Waals surface area contributed by atoms with E-state index in [-0.39, 0.29) is 12.5 Å². The van der Waals surface area contributed by atoms with Gasteiger partial charge in [-0.05, 0) is 88.7 Å². The first-order valence-electron chi connectivity index (χ1n) is 13.9. The predicted molar refractivity (Wildman–Crippen MR) is 157 cm³/mol. The fourth-order valence-electron chi connectivity index (χ4n) is 4.98. The highest BCUT2D eigenvalue weighted by Crippen LogP contribution is 2.36. The molecule has 0 heterocycles. The van der Waals surface area contributed by atoms with Gasteiger partial charge in [0.1, 0.15) is 12.4 Å². The first kappa shape index (κ1) is 28.7. The van der Waals surface area contributed by atoms with E-state index in [0.29, 0.717) is 18.7 Å². The lowest BCUT2D eigenvalue weighted by Crippen LogP contribution is -2.38. The van der Waals surface area contributed by atoms with Gasteiger partial charge in [-0.1, -0.05) is 78.9 Å². The summed E-state index contributed by atoms with van der Waals surface area (Å²) in [5.74, 6) is 1.19. The van der Waals surface area contributed by atoms with Crippen molar-refractivity contribution in [3.63, 3.8) is 0 Å². The van der Waals surface area contributed by atoms with E-state index in [2.05, 4.69) is 118 Å². The van der Waals surface area contributed by atoms with Crippen molar-refractivity contribution in [2.45, 2.75) is 78.0 Å². The maximum Gasteiger partial charge on any atom is 0.123 e. The second kappa shape index (κ2) is 15.4. The summed E-state index contributed by atoms with van der Waals surface area (Å²) in [5, 5.41) is 9.07. The first-order valence-corrected chi connectivity index (χ1v) is 13.9. The molecule has 3 rings (SSSR count). The largest absolute Gasteiger partial charge is 0.489 e. The van der Waals surface area contributed by atoms with E-state index < -0.39 is 0 Å². The highest BCUT2D eigenvalue weighted by atomic mass is 16.5. The number of unbranched alkanes of at least 4 members (excludes halogenated alkanes) is 2. The van der Waals surface area contributed by atoms with Gasteiger partial charge in [0, 0.05) is 30.2 Å². The molecule has 0 aliphatic heterocycles. The second-order valence-corrected chi connectivity index (χ2v) is 10.4. The number of aliphatic hydroxyl groups excluding tert-OH is 1. The molecule has 0 radical (unpaired) electrons. The van der Waals surface area contributed by atoms with E-state index in [1.807, 2.05) is 6.07 Å². The summed E-state index contributed by atoms with van der Waals surface area (Å²) in [5.41, 5.74) is 4.93. The molecular weight excluding hydrogens is 454 g/mol. The van der Waals surface area contributed by atoms with Gasteiger partial charge in [-0.2, -0.15) is 0 Å². The van der Waals surface area contributed by atoms with Crippen LogP contribution in [0.5, 0.6) is 5.75 Å². The van der Waals surface area contributed by atoms with Crippen LogP contribution in [0.1, 0.15) is 81.5 Å². The van der Waals surface area contributed by atoms with Crippen LogP contribution in [0, 0.1) is 0 Å². The van der Waals surface area contributed by atoms with Gasteiger partial charge in [-0.15, -0.1) is 0 Å². The first-order chi connectivity index (χ1) is 18.0. The van der Waals surface area contributed by atoms with E-state index in [1.54, 1.807) is 0 Å². The van der Waals surface area contributed by atoms with Crippen LogP contribution >= 0.6 is 0 Å². The van der Waals surface area contributed by atoms with E-state index in [1.165, 1.54) is 22.3 Å². The molecule has 3 heteroatoms. The average molecular weight is 500 g/mol. The molecular formula is C34H45NO2. The molecule has 0 saturated heterocycles. The highest BCUT2D eigenvalue weighted by Gasteiger charge is 2.22. The standard InChI is InChI=1S/C34H45NO2/c1-27(2)35(28(3)4)23-22-32(31-18-12-8-13-19-31)33-25-29(15-9-5-6-14-24-36)20-21-34(33)37-26-30-16-10-7-11-17-30/h7-13,15-21,25,27-28,32,36H,5-6,14,22-24,26H2,1-4H3/b15-9+/t32-/m1/s1. The minimum Gasteiger partial charge on any atom is -0.489 e.